The zero-order chi connectivity index (χ0) is 13.1. The first-order valence-corrected chi connectivity index (χ1v) is 6.58. The van der Waals surface area contributed by atoms with E-state index >= 15 is 0 Å². The molecule has 3 rings (SSSR count). The predicted molar refractivity (Wildman–Crippen MR) is 74.5 cm³/mol. The summed E-state index contributed by atoms with van der Waals surface area (Å²) in [6.07, 6.45) is 6.06. The fraction of sp³-hybridized carbons (Fsp3) is 0.357. The highest BCUT2D eigenvalue weighted by atomic mass is 15.0. The highest BCUT2D eigenvalue weighted by Gasteiger charge is 2.15. The average molecular weight is 255 g/mol. The van der Waals surface area contributed by atoms with Crippen LogP contribution in [-0.2, 0) is 0 Å². The number of piperidine rings is 1. The number of hydrogen-bond donors (Lipinski definition) is 2. The summed E-state index contributed by atoms with van der Waals surface area (Å²) in [6.45, 7) is 2.17. The molecule has 0 saturated carbocycles. The van der Waals surface area contributed by atoms with E-state index < -0.39 is 0 Å². The van der Waals surface area contributed by atoms with Crippen LogP contribution in [0.15, 0.2) is 30.6 Å². The standard InChI is InChI=1S/C14H17N5/c15-14-17-7-5-13(19-14)12-4-3-11(9-18-12)10-2-1-6-16-8-10/h3-5,7,9-10,16H,1-2,6,8H2,(H2,15,17,19). The van der Waals surface area contributed by atoms with Gasteiger partial charge in [-0.25, -0.2) is 9.97 Å². The van der Waals surface area contributed by atoms with Crippen molar-refractivity contribution in [3.05, 3.63) is 36.2 Å². The first kappa shape index (κ1) is 12.0. The molecule has 19 heavy (non-hydrogen) atoms. The predicted octanol–water partition coefficient (Wildman–Crippen LogP) is 1.59. The summed E-state index contributed by atoms with van der Waals surface area (Å²) in [4.78, 5) is 12.6. The quantitative estimate of drug-likeness (QED) is 0.852. The maximum absolute atomic E-state index is 5.58. The number of hydrogen-bond acceptors (Lipinski definition) is 5. The number of nitrogens with one attached hydrogen (secondary N) is 1. The van der Waals surface area contributed by atoms with Crippen molar-refractivity contribution >= 4 is 5.95 Å². The molecule has 98 valence electrons. The number of aromatic nitrogens is 3. The van der Waals surface area contributed by atoms with Crippen LogP contribution in [0.2, 0.25) is 0 Å². The molecule has 0 amide bonds. The third kappa shape index (κ3) is 2.71. The van der Waals surface area contributed by atoms with Gasteiger partial charge in [0.2, 0.25) is 5.95 Å². The van der Waals surface area contributed by atoms with Crippen LogP contribution >= 0.6 is 0 Å². The molecule has 2 aromatic rings. The molecule has 2 aromatic heterocycles. The fourth-order valence-corrected chi connectivity index (χ4v) is 2.45. The molecule has 5 heteroatoms. The van der Waals surface area contributed by atoms with E-state index in [0.29, 0.717) is 5.92 Å². The molecule has 3 heterocycles. The molecular weight excluding hydrogens is 238 g/mol. The van der Waals surface area contributed by atoms with Crippen LogP contribution < -0.4 is 11.1 Å². The van der Waals surface area contributed by atoms with Crippen molar-refractivity contribution in [1.29, 1.82) is 0 Å². The minimum atomic E-state index is 0.278. The van der Waals surface area contributed by atoms with E-state index in [0.717, 1.165) is 24.5 Å². The van der Waals surface area contributed by atoms with Crippen molar-refractivity contribution in [2.75, 3.05) is 18.8 Å². The van der Waals surface area contributed by atoms with Crippen LogP contribution in [-0.4, -0.2) is 28.0 Å². The molecule has 1 saturated heterocycles. The molecule has 1 unspecified atom stereocenters. The summed E-state index contributed by atoms with van der Waals surface area (Å²) in [5.74, 6) is 0.852. The fourth-order valence-electron chi connectivity index (χ4n) is 2.45. The highest BCUT2D eigenvalue weighted by molar-refractivity contribution is 5.54. The van der Waals surface area contributed by atoms with Crippen LogP contribution in [0, 0.1) is 0 Å². The Hall–Kier alpha value is -2.01. The van der Waals surface area contributed by atoms with Gasteiger partial charge in [-0.3, -0.25) is 4.98 Å². The molecule has 0 aromatic carbocycles. The van der Waals surface area contributed by atoms with Gasteiger partial charge >= 0.3 is 0 Å². The first-order chi connectivity index (χ1) is 9.33. The molecule has 5 nitrogen and oxygen atoms in total. The van der Waals surface area contributed by atoms with Crippen LogP contribution in [0.1, 0.15) is 24.3 Å². The summed E-state index contributed by atoms with van der Waals surface area (Å²) in [6, 6.07) is 5.96. The van der Waals surface area contributed by atoms with Crippen LogP contribution in [0.25, 0.3) is 11.4 Å². The molecule has 1 atom stereocenters. The van der Waals surface area contributed by atoms with Gasteiger partial charge in [0.05, 0.1) is 11.4 Å². The van der Waals surface area contributed by atoms with E-state index in [1.807, 2.05) is 18.3 Å². The number of nitrogens with two attached hydrogens (primary N) is 1. The zero-order valence-electron chi connectivity index (χ0n) is 10.7. The molecule has 0 spiro atoms. The van der Waals surface area contributed by atoms with E-state index in [2.05, 4.69) is 26.3 Å². The van der Waals surface area contributed by atoms with Gasteiger partial charge in [0.1, 0.15) is 0 Å². The third-order valence-electron chi connectivity index (χ3n) is 3.49. The molecule has 0 bridgehead atoms. The largest absolute Gasteiger partial charge is 0.368 e. The van der Waals surface area contributed by atoms with Crippen LogP contribution in [0.3, 0.4) is 0 Å². The Morgan fingerprint density at radius 1 is 1.16 bits per heavy atom. The second-order valence-corrected chi connectivity index (χ2v) is 4.82. The summed E-state index contributed by atoms with van der Waals surface area (Å²) in [5, 5.41) is 3.42. The Morgan fingerprint density at radius 2 is 2.11 bits per heavy atom. The highest BCUT2D eigenvalue weighted by Crippen LogP contribution is 2.24. The molecule has 0 aliphatic carbocycles. The Morgan fingerprint density at radius 3 is 2.79 bits per heavy atom. The first-order valence-electron chi connectivity index (χ1n) is 6.58. The SMILES string of the molecule is Nc1nccc(-c2ccc(C3CCCNC3)cn2)n1. The molecule has 3 N–H and O–H groups in total. The number of nitrogen functional groups attached to an aromatic ring is 1. The normalized spacial score (nSPS) is 19.3. The maximum atomic E-state index is 5.58. The zero-order valence-corrected chi connectivity index (χ0v) is 10.7. The lowest BCUT2D eigenvalue weighted by atomic mass is 9.93. The molecule has 0 radical (unpaired) electrons. The molecule has 1 fully saturated rings. The Bertz CT molecular complexity index is 546. The smallest absolute Gasteiger partial charge is 0.220 e. The number of pyridine rings is 1. The Balaban J connectivity index is 1.82. The van der Waals surface area contributed by atoms with Gasteiger partial charge in [-0.1, -0.05) is 6.07 Å². The van der Waals surface area contributed by atoms with E-state index in [4.69, 9.17) is 5.73 Å². The summed E-state index contributed by atoms with van der Waals surface area (Å²) < 4.78 is 0. The van der Waals surface area contributed by atoms with Crippen LogP contribution in [0.4, 0.5) is 5.95 Å². The lowest BCUT2D eigenvalue weighted by molar-refractivity contribution is 0.461. The van der Waals surface area contributed by atoms with Crippen molar-refractivity contribution < 1.29 is 0 Å². The number of rotatable bonds is 2. The number of nitrogens with zero attached hydrogens (tertiary/aromatic N) is 3. The maximum Gasteiger partial charge on any atom is 0.220 e. The van der Waals surface area contributed by atoms with E-state index in [9.17, 15) is 0 Å². The lowest BCUT2D eigenvalue weighted by Crippen LogP contribution is -2.28. The summed E-state index contributed by atoms with van der Waals surface area (Å²) in [7, 11) is 0. The van der Waals surface area contributed by atoms with Gasteiger partial charge in [-0.15, -0.1) is 0 Å². The monoisotopic (exact) mass is 255 g/mol. The van der Waals surface area contributed by atoms with E-state index in [-0.39, 0.29) is 5.95 Å². The summed E-state index contributed by atoms with van der Waals surface area (Å²) in [5.41, 5.74) is 8.47. The third-order valence-corrected chi connectivity index (χ3v) is 3.49. The van der Waals surface area contributed by atoms with Crippen molar-refractivity contribution in [2.24, 2.45) is 0 Å². The second kappa shape index (κ2) is 5.32. The average Bonchev–Trinajstić information content (AvgIpc) is 2.48. The minimum Gasteiger partial charge on any atom is -0.368 e. The van der Waals surface area contributed by atoms with Gasteiger partial charge < -0.3 is 11.1 Å². The van der Waals surface area contributed by atoms with Crippen molar-refractivity contribution in [1.82, 2.24) is 20.3 Å². The van der Waals surface area contributed by atoms with Crippen LogP contribution in [0.5, 0.6) is 0 Å². The second-order valence-electron chi connectivity index (χ2n) is 4.82. The minimum absolute atomic E-state index is 0.278. The Kier molecular flexibility index (Phi) is 3.37. The molecule has 1 aliphatic heterocycles. The van der Waals surface area contributed by atoms with Crippen molar-refractivity contribution in [2.45, 2.75) is 18.8 Å². The lowest BCUT2D eigenvalue weighted by Gasteiger charge is -2.22. The van der Waals surface area contributed by atoms with Crippen molar-refractivity contribution in [3.8, 4) is 11.4 Å². The topological polar surface area (TPSA) is 76.7 Å². The van der Waals surface area contributed by atoms with E-state index in [1.54, 1.807) is 6.20 Å². The molecular formula is C14H17N5. The van der Waals surface area contributed by atoms with E-state index in [1.165, 1.54) is 18.4 Å². The molecule has 1 aliphatic rings. The van der Waals surface area contributed by atoms with Gasteiger partial charge in [-0.2, -0.15) is 0 Å². The number of anilines is 1. The Labute approximate surface area is 112 Å². The summed E-state index contributed by atoms with van der Waals surface area (Å²) >= 11 is 0. The van der Waals surface area contributed by atoms with Gasteiger partial charge in [-0.05, 0) is 43.0 Å². The van der Waals surface area contributed by atoms with Gasteiger partial charge in [0, 0.05) is 18.9 Å². The van der Waals surface area contributed by atoms with Gasteiger partial charge in [0.15, 0.2) is 0 Å². The van der Waals surface area contributed by atoms with Gasteiger partial charge in [0.25, 0.3) is 0 Å². The van der Waals surface area contributed by atoms with Crippen molar-refractivity contribution in [3.63, 3.8) is 0 Å².